The van der Waals surface area contributed by atoms with Crippen LogP contribution in [0.2, 0.25) is 0 Å². The molecule has 1 aromatic rings. The molecule has 3 rings (SSSR count). The van der Waals surface area contributed by atoms with Crippen LogP contribution in [0.3, 0.4) is 0 Å². The fourth-order valence-corrected chi connectivity index (χ4v) is 4.83. The lowest BCUT2D eigenvalue weighted by molar-refractivity contribution is 0.00497. The third-order valence-electron chi connectivity index (χ3n) is 6.92. The van der Waals surface area contributed by atoms with Crippen molar-refractivity contribution in [3.05, 3.63) is 47.3 Å². The number of rotatable bonds is 6. The summed E-state index contributed by atoms with van der Waals surface area (Å²) in [5.41, 5.74) is 3.09. The molecule has 1 aromatic carbocycles. The highest BCUT2D eigenvalue weighted by atomic mass is 19.1. The van der Waals surface area contributed by atoms with Crippen LogP contribution in [0.15, 0.2) is 30.4 Å². The summed E-state index contributed by atoms with van der Waals surface area (Å²) in [7, 11) is 0. The lowest BCUT2D eigenvalue weighted by Gasteiger charge is -2.49. The van der Waals surface area contributed by atoms with E-state index in [1.807, 2.05) is 19.1 Å². The van der Waals surface area contributed by atoms with Crippen LogP contribution in [0.5, 0.6) is 0 Å². The molecule has 2 fully saturated rings. The molecule has 0 N–H and O–H groups in total. The number of piperazine rings is 1. The van der Waals surface area contributed by atoms with Crippen molar-refractivity contribution in [1.29, 1.82) is 0 Å². The normalized spacial score (nSPS) is 24.4. The summed E-state index contributed by atoms with van der Waals surface area (Å²) < 4.78 is 14.2. The van der Waals surface area contributed by atoms with Crippen molar-refractivity contribution in [2.75, 3.05) is 32.7 Å². The zero-order valence-electron chi connectivity index (χ0n) is 18.3. The van der Waals surface area contributed by atoms with Gasteiger partial charge in [0.05, 0.1) is 0 Å². The van der Waals surface area contributed by atoms with Gasteiger partial charge in [0.1, 0.15) is 5.82 Å². The number of halogens is 1. The first-order valence-corrected chi connectivity index (χ1v) is 11.0. The van der Waals surface area contributed by atoms with E-state index in [2.05, 4.69) is 42.0 Å². The molecule has 2 aliphatic rings. The van der Waals surface area contributed by atoms with Gasteiger partial charge in [0, 0.05) is 49.9 Å². The average Bonchev–Trinajstić information content (AvgIpc) is 2.69. The quantitative estimate of drug-likeness (QED) is 0.667. The Hall–Kier alpha value is -1.23. The van der Waals surface area contributed by atoms with Gasteiger partial charge in [-0.2, -0.15) is 0 Å². The molecular formula is C24H38FN3. The molecule has 2 aliphatic heterocycles. The van der Waals surface area contributed by atoms with Gasteiger partial charge >= 0.3 is 0 Å². The number of hydrogen-bond acceptors (Lipinski definition) is 3. The van der Waals surface area contributed by atoms with Gasteiger partial charge in [-0.05, 0) is 64.8 Å². The van der Waals surface area contributed by atoms with E-state index in [-0.39, 0.29) is 5.82 Å². The minimum atomic E-state index is -0.0593. The first-order valence-electron chi connectivity index (χ1n) is 11.0. The predicted octanol–water partition coefficient (Wildman–Crippen LogP) is 4.46. The van der Waals surface area contributed by atoms with Crippen LogP contribution in [0.1, 0.15) is 51.2 Å². The SMILES string of the molecule is C=C(C)C(C)N1CCN(C2CCN(Cc3ccc(C)cc3F)CC2)C(CC)C1. The van der Waals surface area contributed by atoms with Crippen LogP contribution in [0.25, 0.3) is 0 Å². The molecule has 0 amide bonds. The van der Waals surface area contributed by atoms with E-state index in [0.29, 0.717) is 18.1 Å². The van der Waals surface area contributed by atoms with Gasteiger partial charge in [-0.1, -0.05) is 31.2 Å². The molecule has 4 heteroatoms. The second kappa shape index (κ2) is 9.51. The molecule has 2 atom stereocenters. The highest BCUT2D eigenvalue weighted by molar-refractivity contribution is 5.23. The number of benzene rings is 1. The van der Waals surface area contributed by atoms with Crippen molar-refractivity contribution in [2.45, 2.75) is 71.6 Å². The molecule has 0 aliphatic carbocycles. The minimum Gasteiger partial charge on any atom is -0.299 e. The Labute approximate surface area is 171 Å². The van der Waals surface area contributed by atoms with Crippen LogP contribution in [-0.4, -0.2) is 65.5 Å². The van der Waals surface area contributed by atoms with Crippen molar-refractivity contribution < 1.29 is 4.39 Å². The van der Waals surface area contributed by atoms with Crippen molar-refractivity contribution in [2.24, 2.45) is 0 Å². The Balaban J connectivity index is 1.53. The number of piperidine rings is 1. The van der Waals surface area contributed by atoms with Crippen LogP contribution in [0, 0.1) is 12.7 Å². The highest BCUT2D eigenvalue weighted by Gasteiger charge is 2.34. The second-order valence-electron chi connectivity index (χ2n) is 8.92. The first kappa shape index (κ1) is 21.5. The van der Waals surface area contributed by atoms with Crippen LogP contribution < -0.4 is 0 Å². The highest BCUT2D eigenvalue weighted by Crippen LogP contribution is 2.26. The minimum absolute atomic E-state index is 0.0593. The molecule has 28 heavy (non-hydrogen) atoms. The van der Waals surface area contributed by atoms with Gasteiger partial charge < -0.3 is 0 Å². The summed E-state index contributed by atoms with van der Waals surface area (Å²) in [6.45, 7) is 19.2. The third kappa shape index (κ3) is 5.03. The number of hydrogen-bond donors (Lipinski definition) is 0. The molecule has 2 heterocycles. The number of aryl methyl sites for hydroxylation is 1. The summed E-state index contributed by atoms with van der Waals surface area (Å²) in [6.07, 6.45) is 3.59. The Morgan fingerprint density at radius 3 is 2.54 bits per heavy atom. The fraction of sp³-hybridized carbons (Fsp3) is 0.667. The van der Waals surface area contributed by atoms with Gasteiger partial charge in [0.25, 0.3) is 0 Å². The van der Waals surface area contributed by atoms with E-state index in [1.54, 1.807) is 6.07 Å². The maximum atomic E-state index is 14.2. The summed E-state index contributed by atoms with van der Waals surface area (Å²) in [6, 6.07) is 7.41. The average molecular weight is 388 g/mol. The Kier molecular flexibility index (Phi) is 7.30. The van der Waals surface area contributed by atoms with Gasteiger partial charge in [0.2, 0.25) is 0 Å². The van der Waals surface area contributed by atoms with Crippen molar-refractivity contribution in [1.82, 2.24) is 14.7 Å². The van der Waals surface area contributed by atoms with Crippen molar-refractivity contribution in [3.8, 4) is 0 Å². The largest absolute Gasteiger partial charge is 0.299 e. The Morgan fingerprint density at radius 1 is 1.21 bits per heavy atom. The molecular weight excluding hydrogens is 349 g/mol. The molecule has 0 spiro atoms. The van der Waals surface area contributed by atoms with Crippen LogP contribution >= 0.6 is 0 Å². The number of nitrogens with zero attached hydrogens (tertiary/aromatic N) is 3. The summed E-state index contributed by atoms with van der Waals surface area (Å²) in [5.74, 6) is -0.0593. The van der Waals surface area contributed by atoms with Gasteiger partial charge in [-0.25, -0.2) is 4.39 Å². The van der Waals surface area contributed by atoms with E-state index in [1.165, 1.54) is 24.8 Å². The third-order valence-corrected chi connectivity index (χ3v) is 6.92. The standard InChI is InChI=1S/C24H38FN3/c1-6-22-17-27(20(5)18(2)3)13-14-28(22)23-9-11-26(12-10-23)16-21-8-7-19(4)15-24(21)25/h7-8,15,20,22-23H,2,6,9-14,16-17H2,1,3-5H3. The molecule has 2 saturated heterocycles. The van der Waals surface area contributed by atoms with E-state index < -0.39 is 0 Å². The van der Waals surface area contributed by atoms with Gasteiger partial charge in [0.15, 0.2) is 0 Å². The summed E-state index contributed by atoms with van der Waals surface area (Å²) in [5, 5.41) is 0. The molecule has 156 valence electrons. The molecule has 3 nitrogen and oxygen atoms in total. The first-order chi connectivity index (χ1) is 13.4. The molecule has 0 saturated carbocycles. The van der Waals surface area contributed by atoms with E-state index >= 15 is 0 Å². The number of likely N-dealkylation sites (tertiary alicyclic amines) is 1. The molecule has 0 radical (unpaired) electrons. The fourth-order valence-electron chi connectivity index (χ4n) is 4.83. The zero-order valence-corrected chi connectivity index (χ0v) is 18.3. The van der Waals surface area contributed by atoms with Crippen LogP contribution in [-0.2, 0) is 6.54 Å². The second-order valence-corrected chi connectivity index (χ2v) is 8.92. The Bertz CT molecular complexity index is 666. The lowest BCUT2D eigenvalue weighted by atomic mass is 9.97. The van der Waals surface area contributed by atoms with Crippen molar-refractivity contribution >= 4 is 0 Å². The van der Waals surface area contributed by atoms with Gasteiger partial charge in [-0.3, -0.25) is 14.7 Å². The van der Waals surface area contributed by atoms with Crippen molar-refractivity contribution in [3.63, 3.8) is 0 Å². The maximum Gasteiger partial charge on any atom is 0.127 e. The smallest absolute Gasteiger partial charge is 0.127 e. The zero-order chi connectivity index (χ0) is 20.3. The molecule has 0 bridgehead atoms. The van der Waals surface area contributed by atoms with E-state index in [0.717, 1.165) is 50.4 Å². The van der Waals surface area contributed by atoms with E-state index in [9.17, 15) is 4.39 Å². The topological polar surface area (TPSA) is 9.72 Å². The monoisotopic (exact) mass is 387 g/mol. The van der Waals surface area contributed by atoms with Gasteiger partial charge in [-0.15, -0.1) is 0 Å². The predicted molar refractivity (Wildman–Crippen MR) is 116 cm³/mol. The maximum absolute atomic E-state index is 14.2. The molecule has 0 aromatic heterocycles. The Morgan fingerprint density at radius 2 is 1.93 bits per heavy atom. The molecule has 2 unspecified atom stereocenters. The summed E-state index contributed by atoms with van der Waals surface area (Å²) in [4.78, 5) is 7.79. The van der Waals surface area contributed by atoms with E-state index in [4.69, 9.17) is 0 Å². The lowest BCUT2D eigenvalue weighted by Crippen LogP contribution is -2.59. The van der Waals surface area contributed by atoms with Crippen LogP contribution in [0.4, 0.5) is 4.39 Å². The summed E-state index contributed by atoms with van der Waals surface area (Å²) >= 11 is 0.